The van der Waals surface area contributed by atoms with Gasteiger partial charge in [-0.3, -0.25) is 9.59 Å². The Kier molecular flexibility index (Phi) is 5.55. The standard InChI is InChI=1S/C23H22FNO5/c1-29-17-10-6-14(7-11-17)20-19(21(26)15-4-8-16(24)9-5-15)22(27)23(28)25(20)13-18-3-2-12-30-18/h4-11,18,20,26H,2-3,12-13H2,1H3/t18-,20+/m0/s1. The molecule has 0 unspecified atom stereocenters. The van der Waals surface area contributed by atoms with E-state index in [9.17, 15) is 19.1 Å². The second kappa shape index (κ2) is 8.28. The molecule has 2 fully saturated rings. The Bertz CT molecular complexity index is 978. The molecule has 6 nitrogen and oxygen atoms in total. The van der Waals surface area contributed by atoms with E-state index in [0.717, 1.165) is 12.8 Å². The molecule has 0 saturated carbocycles. The number of hydrogen-bond acceptors (Lipinski definition) is 5. The van der Waals surface area contributed by atoms with Gasteiger partial charge in [-0.1, -0.05) is 12.1 Å². The molecule has 30 heavy (non-hydrogen) atoms. The van der Waals surface area contributed by atoms with Crippen LogP contribution in [0, 0.1) is 5.82 Å². The quantitative estimate of drug-likeness (QED) is 0.463. The molecule has 0 bridgehead atoms. The first-order chi connectivity index (χ1) is 14.5. The molecular weight excluding hydrogens is 389 g/mol. The van der Waals surface area contributed by atoms with Crippen LogP contribution in [0.2, 0.25) is 0 Å². The Labute approximate surface area is 173 Å². The van der Waals surface area contributed by atoms with Gasteiger partial charge in [0.25, 0.3) is 11.7 Å². The molecule has 2 atom stereocenters. The number of hydrogen-bond donors (Lipinski definition) is 1. The number of methoxy groups -OCH3 is 1. The van der Waals surface area contributed by atoms with E-state index in [2.05, 4.69) is 0 Å². The monoisotopic (exact) mass is 411 g/mol. The number of aliphatic hydroxyl groups is 1. The molecule has 2 aliphatic heterocycles. The fraction of sp³-hybridized carbons (Fsp3) is 0.304. The van der Waals surface area contributed by atoms with E-state index in [1.165, 1.54) is 29.2 Å². The van der Waals surface area contributed by atoms with Gasteiger partial charge in [-0.05, 0) is 54.8 Å². The van der Waals surface area contributed by atoms with Crippen LogP contribution in [-0.4, -0.2) is 48.1 Å². The number of nitrogens with zero attached hydrogens (tertiary/aromatic N) is 1. The highest BCUT2D eigenvalue weighted by molar-refractivity contribution is 6.46. The first-order valence-corrected chi connectivity index (χ1v) is 9.79. The molecule has 2 saturated heterocycles. The third-order valence-corrected chi connectivity index (χ3v) is 5.51. The van der Waals surface area contributed by atoms with Crippen LogP contribution in [0.15, 0.2) is 54.1 Å². The second-order valence-electron chi connectivity index (χ2n) is 7.37. The highest BCUT2D eigenvalue weighted by Crippen LogP contribution is 2.40. The SMILES string of the molecule is COc1ccc([C@@H]2C(=C(O)c3ccc(F)cc3)C(=O)C(=O)N2C[C@@H]2CCCO2)cc1. The van der Waals surface area contributed by atoms with E-state index in [1.54, 1.807) is 31.4 Å². The highest BCUT2D eigenvalue weighted by Gasteiger charge is 2.47. The summed E-state index contributed by atoms with van der Waals surface area (Å²) in [4.78, 5) is 27.3. The van der Waals surface area contributed by atoms with Crippen LogP contribution in [0.25, 0.3) is 5.76 Å². The minimum absolute atomic E-state index is 0.0187. The summed E-state index contributed by atoms with van der Waals surface area (Å²) in [7, 11) is 1.55. The molecule has 1 N–H and O–H groups in total. The van der Waals surface area contributed by atoms with Gasteiger partial charge in [-0.2, -0.15) is 0 Å². The minimum Gasteiger partial charge on any atom is -0.507 e. The molecule has 0 spiro atoms. The van der Waals surface area contributed by atoms with Crippen LogP contribution in [0.5, 0.6) is 5.75 Å². The van der Waals surface area contributed by atoms with Gasteiger partial charge in [-0.25, -0.2) is 4.39 Å². The lowest BCUT2D eigenvalue weighted by Gasteiger charge is -2.27. The normalized spacial score (nSPS) is 23.2. The van der Waals surface area contributed by atoms with Crippen LogP contribution in [0.1, 0.15) is 30.0 Å². The number of carbonyl (C=O) groups excluding carboxylic acids is 2. The molecule has 2 aromatic carbocycles. The zero-order valence-corrected chi connectivity index (χ0v) is 16.5. The fourth-order valence-corrected chi connectivity index (χ4v) is 3.97. The number of ketones is 1. The molecule has 7 heteroatoms. The predicted octanol–water partition coefficient (Wildman–Crippen LogP) is 3.44. The Morgan fingerprint density at radius 3 is 2.47 bits per heavy atom. The largest absolute Gasteiger partial charge is 0.507 e. The molecule has 2 heterocycles. The van der Waals surface area contributed by atoms with Crippen LogP contribution in [0.3, 0.4) is 0 Å². The molecule has 0 aliphatic carbocycles. The van der Waals surface area contributed by atoms with Crippen LogP contribution in [0.4, 0.5) is 4.39 Å². The number of aliphatic hydroxyl groups excluding tert-OH is 1. The lowest BCUT2D eigenvalue weighted by Crippen LogP contribution is -2.36. The molecule has 2 aromatic rings. The molecule has 0 aromatic heterocycles. The maximum Gasteiger partial charge on any atom is 0.295 e. The number of carbonyl (C=O) groups is 2. The van der Waals surface area contributed by atoms with E-state index in [1.807, 2.05) is 0 Å². The number of benzene rings is 2. The molecule has 1 amide bonds. The van der Waals surface area contributed by atoms with Crippen molar-refractivity contribution in [1.82, 2.24) is 4.90 Å². The maximum absolute atomic E-state index is 13.3. The van der Waals surface area contributed by atoms with Gasteiger partial charge < -0.3 is 19.5 Å². The van der Waals surface area contributed by atoms with Gasteiger partial charge in [0.05, 0.1) is 24.8 Å². The third-order valence-electron chi connectivity index (χ3n) is 5.51. The van der Waals surface area contributed by atoms with Crippen molar-refractivity contribution >= 4 is 17.4 Å². The van der Waals surface area contributed by atoms with E-state index in [0.29, 0.717) is 17.9 Å². The topological polar surface area (TPSA) is 76.1 Å². The van der Waals surface area contributed by atoms with Crippen molar-refractivity contribution in [3.63, 3.8) is 0 Å². The lowest BCUT2D eigenvalue weighted by molar-refractivity contribution is -0.140. The summed E-state index contributed by atoms with van der Waals surface area (Å²) >= 11 is 0. The average molecular weight is 411 g/mol. The van der Waals surface area contributed by atoms with Crippen LogP contribution in [-0.2, 0) is 14.3 Å². The van der Waals surface area contributed by atoms with E-state index < -0.39 is 23.5 Å². The number of ether oxygens (including phenoxy) is 2. The van der Waals surface area contributed by atoms with Crippen molar-refractivity contribution < 1.29 is 28.6 Å². The summed E-state index contributed by atoms with van der Waals surface area (Å²) in [6, 6.07) is 11.4. The van der Waals surface area contributed by atoms with Gasteiger partial charge in [0.2, 0.25) is 0 Å². The Balaban J connectivity index is 1.80. The third kappa shape index (κ3) is 3.68. The summed E-state index contributed by atoms with van der Waals surface area (Å²) in [5.74, 6) is -1.61. The zero-order chi connectivity index (χ0) is 21.3. The lowest BCUT2D eigenvalue weighted by atomic mass is 9.95. The van der Waals surface area contributed by atoms with Gasteiger partial charge in [0, 0.05) is 18.7 Å². The first kappa shape index (κ1) is 20.1. The smallest absolute Gasteiger partial charge is 0.295 e. The maximum atomic E-state index is 13.3. The van der Waals surface area contributed by atoms with Crippen molar-refractivity contribution in [2.45, 2.75) is 25.0 Å². The van der Waals surface area contributed by atoms with Crippen molar-refractivity contribution in [3.05, 3.63) is 71.0 Å². The van der Waals surface area contributed by atoms with Crippen LogP contribution >= 0.6 is 0 Å². The summed E-state index contributed by atoms with van der Waals surface area (Å²) in [5, 5.41) is 10.9. The molecule has 0 radical (unpaired) electrons. The number of Topliss-reactive ketones (excluding diaryl/α,β-unsaturated/α-hetero) is 1. The highest BCUT2D eigenvalue weighted by atomic mass is 19.1. The van der Waals surface area contributed by atoms with Gasteiger partial charge in [-0.15, -0.1) is 0 Å². The predicted molar refractivity (Wildman–Crippen MR) is 107 cm³/mol. The van der Waals surface area contributed by atoms with Gasteiger partial charge in [0.15, 0.2) is 0 Å². The minimum atomic E-state index is -0.773. The summed E-state index contributed by atoms with van der Waals surface area (Å²) in [6.45, 7) is 0.874. The van der Waals surface area contributed by atoms with Crippen molar-refractivity contribution in [3.8, 4) is 5.75 Å². The molecule has 4 rings (SSSR count). The van der Waals surface area contributed by atoms with Crippen molar-refractivity contribution in [2.75, 3.05) is 20.3 Å². The number of likely N-dealkylation sites (tertiary alicyclic amines) is 1. The zero-order valence-electron chi connectivity index (χ0n) is 16.5. The molecule has 2 aliphatic rings. The van der Waals surface area contributed by atoms with Gasteiger partial charge >= 0.3 is 0 Å². The van der Waals surface area contributed by atoms with Crippen LogP contribution < -0.4 is 4.74 Å². The fourth-order valence-electron chi connectivity index (χ4n) is 3.97. The summed E-state index contributed by atoms with van der Waals surface area (Å²) in [6.07, 6.45) is 1.54. The van der Waals surface area contributed by atoms with Crippen molar-refractivity contribution in [1.29, 1.82) is 0 Å². The number of halogens is 1. The molecule has 156 valence electrons. The number of amides is 1. The van der Waals surface area contributed by atoms with E-state index in [4.69, 9.17) is 9.47 Å². The Hall–Kier alpha value is -3.19. The molecular formula is C23H22FNO5. The number of rotatable bonds is 5. The average Bonchev–Trinajstić information content (AvgIpc) is 3.36. The summed E-state index contributed by atoms with van der Waals surface area (Å²) in [5.41, 5.74) is 0.913. The van der Waals surface area contributed by atoms with E-state index >= 15 is 0 Å². The Morgan fingerprint density at radius 1 is 1.17 bits per heavy atom. The first-order valence-electron chi connectivity index (χ1n) is 9.79. The summed E-state index contributed by atoms with van der Waals surface area (Å²) < 4.78 is 24.2. The second-order valence-corrected chi connectivity index (χ2v) is 7.37. The van der Waals surface area contributed by atoms with Crippen molar-refractivity contribution in [2.24, 2.45) is 0 Å². The van der Waals surface area contributed by atoms with Gasteiger partial charge in [0.1, 0.15) is 17.3 Å². The Morgan fingerprint density at radius 2 is 1.87 bits per heavy atom. The van der Waals surface area contributed by atoms with E-state index in [-0.39, 0.29) is 29.5 Å².